The van der Waals surface area contributed by atoms with Crippen LogP contribution >= 0.6 is 0 Å². The van der Waals surface area contributed by atoms with Gasteiger partial charge < -0.3 is 15.2 Å². The maximum atomic E-state index is 13.1. The number of fused-ring (bicyclic) bond motifs is 1. The van der Waals surface area contributed by atoms with Crippen LogP contribution in [0.3, 0.4) is 0 Å². The molecular weight excluding hydrogens is 478 g/mol. The molecule has 0 aliphatic rings. The summed E-state index contributed by atoms with van der Waals surface area (Å²) in [5.41, 5.74) is 2.67. The third-order valence-corrected chi connectivity index (χ3v) is 6.03. The van der Waals surface area contributed by atoms with Crippen molar-refractivity contribution < 1.29 is 14.6 Å². The molecule has 0 spiro atoms. The fourth-order valence-electron chi connectivity index (χ4n) is 4.12. The Kier molecular flexibility index (Phi) is 6.81. The average Bonchev–Trinajstić information content (AvgIpc) is 3.33. The summed E-state index contributed by atoms with van der Waals surface area (Å²) in [7, 11) is 0. The molecule has 0 atom stereocenters. The summed E-state index contributed by atoms with van der Waals surface area (Å²) >= 11 is 0. The van der Waals surface area contributed by atoms with Gasteiger partial charge in [-0.15, -0.1) is 0 Å². The van der Waals surface area contributed by atoms with E-state index < -0.39 is 6.03 Å². The maximum Gasteiger partial charge on any atom is 0.324 e. The predicted molar refractivity (Wildman–Crippen MR) is 149 cm³/mol. The van der Waals surface area contributed by atoms with Gasteiger partial charge in [-0.2, -0.15) is 5.10 Å². The zero-order valence-corrected chi connectivity index (χ0v) is 21.5. The molecule has 192 valence electrons. The van der Waals surface area contributed by atoms with E-state index in [1.165, 1.54) is 0 Å². The lowest BCUT2D eigenvalue weighted by Crippen LogP contribution is -2.21. The minimum atomic E-state index is -0.423. The molecule has 2 heterocycles. The first-order chi connectivity index (χ1) is 18.3. The molecule has 5 rings (SSSR count). The number of urea groups is 1. The topological polar surface area (TPSA) is 101 Å². The molecule has 2 aromatic heterocycles. The fraction of sp³-hybridized carbons (Fsp3) is 0.167. The number of aromatic nitrogens is 3. The van der Waals surface area contributed by atoms with Crippen molar-refractivity contribution in [1.82, 2.24) is 14.8 Å². The average molecular weight is 508 g/mol. The summed E-state index contributed by atoms with van der Waals surface area (Å²) < 4.78 is 7.53. The standard InChI is InChI=1S/C30H29N5O3/c1-30(2,3)27-17-28(35(34-27)23-14-20-8-4-5-12-26(20)21(15-23)19-36)33-29(37)32-22-9-6-10-24(16-22)38-25-11-7-13-31-18-25/h4-18,36H,19H2,1-3H3,(H2,32,33,37). The van der Waals surface area contributed by atoms with Crippen molar-refractivity contribution in [2.45, 2.75) is 32.8 Å². The number of aliphatic hydroxyl groups excluding tert-OH is 1. The Balaban J connectivity index is 1.43. The SMILES string of the molecule is CC(C)(C)c1cc(NC(=O)Nc2cccc(Oc3cccnc3)c2)n(-c2cc(CO)c3ccccc3c2)n1. The number of nitrogens with zero attached hydrogens (tertiary/aromatic N) is 3. The molecule has 3 aromatic carbocycles. The number of carbonyl (C=O) groups is 1. The van der Waals surface area contributed by atoms with E-state index in [1.807, 2.05) is 48.5 Å². The second-order valence-corrected chi connectivity index (χ2v) is 9.96. The molecule has 0 aliphatic heterocycles. The highest BCUT2D eigenvalue weighted by atomic mass is 16.5. The van der Waals surface area contributed by atoms with Gasteiger partial charge in [0.15, 0.2) is 0 Å². The lowest BCUT2D eigenvalue weighted by atomic mass is 9.92. The first-order valence-electron chi connectivity index (χ1n) is 12.3. The minimum absolute atomic E-state index is 0.109. The number of ether oxygens (including phenoxy) is 1. The zero-order valence-electron chi connectivity index (χ0n) is 21.5. The number of hydrogen-bond donors (Lipinski definition) is 3. The van der Waals surface area contributed by atoms with E-state index in [2.05, 4.69) is 36.4 Å². The third-order valence-electron chi connectivity index (χ3n) is 6.03. The van der Waals surface area contributed by atoms with E-state index in [0.717, 1.165) is 27.7 Å². The monoisotopic (exact) mass is 507 g/mol. The van der Waals surface area contributed by atoms with E-state index in [1.54, 1.807) is 47.4 Å². The van der Waals surface area contributed by atoms with Crippen LogP contribution in [-0.4, -0.2) is 25.9 Å². The number of nitrogens with one attached hydrogen (secondary N) is 2. The molecule has 0 fully saturated rings. The zero-order chi connectivity index (χ0) is 26.7. The number of carbonyl (C=O) groups excluding carboxylic acids is 1. The summed E-state index contributed by atoms with van der Waals surface area (Å²) in [6.45, 7) is 6.09. The van der Waals surface area contributed by atoms with Crippen molar-refractivity contribution in [3.63, 3.8) is 0 Å². The smallest absolute Gasteiger partial charge is 0.324 e. The van der Waals surface area contributed by atoms with Gasteiger partial charge in [0.05, 0.1) is 24.2 Å². The Morgan fingerprint density at radius 3 is 2.53 bits per heavy atom. The second-order valence-electron chi connectivity index (χ2n) is 9.96. The Bertz CT molecular complexity index is 1590. The summed E-state index contributed by atoms with van der Waals surface area (Å²) in [6, 6.07) is 23.9. The minimum Gasteiger partial charge on any atom is -0.456 e. The quantitative estimate of drug-likeness (QED) is 0.239. The Morgan fingerprint density at radius 1 is 0.947 bits per heavy atom. The molecule has 0 bridgehead atoms. The van der Waals surface area contributed by atoms with Gasteiger partial charge >= 0.3 is 6.03 Å². The Labute approximate surface area is 220 Å². The first kappa shape index (κ1) is 25.0. The van der Waals surface area contributed by atoms with Gasteiger partial charge in [-0.3, -0.25) is 10.3 Å². The molecule has 0 unspecified atom stereocenters. The number of rotatable bonds is 6. The second kappa shape index (κ2) is 10.4. The van der Waals surface area contributed by atoms with Crippen LogP contribution in [0.15, 0.2) is 91.3 Å². The Hall–Kier alpha value is -4.69. The van der Waals surface area contributed by atoms with Crippen LogP contribution in [0, 0.1) is 0 Å². The Morgan fingerprint density at radius 2 is 1.76 bits per heavy atom. The molecule has 8 nitrogen and oxygen atoms in total. The summed E-state index contributed by atoms with van der Waals surface area (Å²) in [4.78, 5) is 17.1. The van der Waals surface area contributed by atoms with Gasteiger partial charge in [0.2, 0.25) is 0 Å². The lowest BCUT2D eigenvalue weighted by Gasteiger charge is -2.14. The van der Waals surface area contributed by atoms with E-state index in [9.17, 15) is 9.90 Å². The normalized spacial score (nSPS) is 11.4. The largest absolute Gasteiger partial charge is 0.456 e. The van der Waals surface area contributed by atoms with Crippen LogP contribution in [0.1, 0.15) is 32.0 Å². The maximum absolute atomic E-state index is 13.1. The van der Waals surface area contributed by atoms with Gasteiger partial charge in [0, 0.05) is 29.4 Å². The number of benzene rings is 3. The highest BCUT2D eigenvalue weighted by Crippen LogP contribution is 2.30. The highest BCUT2D eigenvalue weighted by Gasteiger charge is 2.22. The molecule has 2 amide bonds. The molecule has 0 saturated carbocycles. The summed E-state index contributed by atoms with van der Waals surface area (Å²) in [6.07, 6.45) is 3.29. The number of pyridine rings is 1. The molecule has 3 N–H and O–H groups in total. The number of hydrogen-bond acceptors (Lipinski definition) is 5. The van der Waals surface area contributed by atoms with Crippen LogP contribution in [0.2, 0.25) is 0 Å². The van der Waals surface area contributed by atoms with E-state index in [0.29, 0.717) is 23.0 Å². The third kappa shape index (κ3) is 5.50. The molecule has 38 heavy (non-hydrogen) atoms. The van der Waals surface area contributed by atoms with Crippen LogP contribution in [0.4, 0.5) is 16.3 Å². The van der Waals surface area contributed by atoms with Crippen molar-refractivity contribution in [3.05, 3.63) is 103 Å². The van der Waals surface area contributed by atoms with Crippen molar-refractivity contribution in [2.75, 3.05) is 10.6 Å². The fourth-order valence-corrected chi connectivity index (χ4v) is 4.12. The van der Waals surface area contributed by atoms with E-state index in [4.69, 9.17) is 9.84 Å². The molecule has 8 heteroatoms. The van der Waals surface area contributed by atoms with Gasteiger partial charge in [-0.1, -0.05) is 51.1 Å². The molecule has 5 aromatic rings. The van der Waals surface area contributed by atoms with Crippen molar-refractivity contribution in [2.24, 2.45) is 0 Å². The van der Waals surface area contributed by atoms with Gasteiger partial charge in [0.1, 0.15) is 17.3 Å². The van der Waals surface area contributed by atoms with Crippen LogP contribution in [-0.2, 0) is 12.0 Å². The van der Waals surface area contributed by atoms with E-state index in [-0.39, 0.29) is 12.0 Å². The van der Waals surface area contributed by atoms with Gasteiger partial charge in [0.25, 0.3) is 0 Å². The molecular formula is C30H29N5O3. The molecule has 0 aliphatic carbocycles. The highest BCUT2D eigenvalue weighted by molar-refractivity contribution is 5.99. The molecule has 0 saturated heterocycles. The summed E-state index contributed by atoms with van der Waals surface area (Å²) in [5.74, 6) is 1.68. The molecule has 0 radical (unpaired) electrons. The van der Waals surface area contributed by atoms with Crippen LogP contribution < -0.4 is 15.4 Å². The number of anilines is 2. The van der Waals surface area contributed by atoms with Crippen molar-refractivity contribution >= 4 is 28.3 Å². The van der Waals surface area contributed by atoms with Crippen LogP contribution in [0.25, 0.3) is 16.5 Å². The number of amides is 2. The van der Waals surface area contributed by atoms with Crippen molar-refractivity contribution in [1.29, 1.82) is 0 Å². The van der Waals surface area contributed by atoms with Gasteiger partial charge in [-0.25, -0.2) is 9.48 Å². The van der Waals surface area contributed by atoms with Gasteiger partial charge in [-0.05, 0) is 52.7 Å². The lowest BCUT2D eigenvalue weighted by molar-refractivity contribution is 0.262. The first-order valence-corrected chi connectivity index (χ1v) is 12.3. The predicted octanol–water partition coefficient (Wildman–Crippen LogP) is 6.65. The van der Waals surface area contributed by atoms with E-state index >= 15 is 0 Å². The van der Waals surface area contributed by atoms with Crippen molar-refractivity contribution in [3.8, 4) is 17.2 Å². The number of aliphatic hydroxyl groups is 1. The summed E-state index contributed by atoms with van der Waals surface area (Å²) in [5, 5.41) is 22.6. The van der Waals surface area contributed by atoms with Crippen LogP contribution in [0.5, 0.6) is 11.5 Å².